The molecule has 1 fully saturated rings. The van der Waals surface area contributed by atoms with Crippen molar-refractivity contribution < 1.29 is 0 Å². The van der Waals surface area contributed by atoms with Crippen molar-refractivity contribution >= 4 is 11.9 Å². The molecule has 0 radical (unpaired) electrons. The first-order valence-electron chi connectivity index (χ1n) is 8.23. The van der Waals surface area contributed by atoms with Gasteiger partial charge in [-0.1, -0.05) is 0 Å². The maximum atomic E-state index is 4.41. The number of aromatic nitrogens is 4. The molecule has 0 unspecified atom stereocenters. The van der Waals surface area contributed by atoms with Crippen molar-refractivity contribution in [2.75, 3.05) is 44.7 Å². The van der Waals surface area contributed by atoms with Crippen LogP contribution in [0.1, 0.15) is 5.82 Å². The van der Waals surface area contributed by atoms with Gasteiger partial charge in [-0.15, -0.1) is 0 Å². The van der Waals surface area contributed by atoms with Crippen molar-refractivity contribution in [3.05, 3.63) is 36.7 Å². The van der Waals surface area contributed by atoms with E-state index < -0.39 is 0 Å². The molecular weight excluding hydrogens is 304 g/mol. The summed E-state index contributed by atoms with van der Waals surface area (Å²) in [4.78, 5) is 21.8. The van der Waals surface area contributed by atoms with Gasteiger partial charge in [0.2, 0.25) is 5.95 Å². The van der Waals surface area contributed by atoms with E-state index in [2.05, 4.69) is 39.6 Å². The Labute approximate surface area is 142 Å². The van der Waals surface area contributed by atoms with Crippen molar-refractivity contribution in [1.82, 2.24) is 29.7 Å². The zero-order valence-corrected chi connectivity index (χ0v) is 14.3. The minimum Gasteiger partial charge on any atom is -0.354 e. The third kappa shape index (κ3) is 3.81. The summed E-state index contributed by atoms with van der Waals surface area (Å²) in [7, 11) is 1.83. The van der Waals surface area contributed by atoms with Crippen molar-refractivity contribution in [2.45, 2.75) is 13.5 Å². The number of aryl methyl sites for hydroxylation is 1. The van der Waals surface area contributed by atoms with Crippen molar-refractivity contribution in [3.8, 4) is 0 Å². The third-order valence-corrected chi connectivity index (χ3v) is 4.19. The molecule has 0 atom stereocenters. The highest BCUT2D eigenvalue weighted by atomic mass is 15.4. The maximum absolute atomic E-state index is 4.41. The number of aliphatic imine (C=N–C) groups is 1. The van der Waals surface area contributed by atoms with Gasteiger partial charge in [0, 0.05) is 71.1 Å². The molecule has 24 heavy (non-hydrogen) atoms. The lowest BCUT2D eigenvalue weighted by Gasteiger charge is -2.36. The van der Waals surface area contributed by atoms with Crippen LogP contribution in [0.15, 0.2) is 35.8 Å². The van der Waals surface area contributed by atoms with Gasteiger partial charge >= 0.3 is 0 Å². The van der Waals surface area contributed by atoms with Gasteiger partial charge in [-0.25, -0.2) is 15.0 Å². The van der Waals surface area contributed by atoms with E-state index in [-0.39, 0.29) is 0 Å². The van der Waals surface area contributed by atoms with E-state index in [1.807, 2.05) is 32.4 Å². The highest BCUT2D eigenvalue weighted by Crippen LogP contribution is 2.09. The molecule has 1 saturated heterocycles. The van der Waals surface area contributed by atoms with Crippen LogP contribution in [0.5, 0.6) is 0 Å². The number of nitrogens with one attached hydrogen (secondary N) is 1. The van der Waals surface area contributed by atoms with Crippen LogP contribution in [0.25, 0.3) is 0 Å². The van der Waals surface area contributed by atoms with Gasteiger partial charge in [-0.05, 0) is 13.0 Å². The highest BCUT2D eigenvalue weighted by Gasteiger charge is 2.20. The summed E-state index contributed by atoms with van der Waals surface area (Å²) in [6.07, 6.45) is 7.40. The van der Waals surface area contributed by atoms with Crippen molar-refractivity contribution in [2.24, 2.45) is 4.99 Å². The second-order valence-electron chi connectivity index (χ2n) is 5.66. The van der Waals surface area contributed by atoms with Gasteiger partial charge in [-0.3, -0.25) is 4.99 Å². The molecule has 1 aliphatic heterocycles. The minimum atomic E-state index is 0.802. The summed E-state index contributed by atoms with van der Waals surface area (Å²) in [6.45, 7) is 7.31. The number of anilines is 1. The molecule has 8 heteroatoms. The summed E-state index contributed by atoms with van der Waals surface area (Å²) in [6, 6.07) is 1.84. The molecule has 1 N–H and O–H groups in total. The monoisotopic (exact) mass is 328 g/mol. The molecule has 0 bridgehead atoms. The standard InChI is InChI=1S/C16H24N8/c1-14-18-6-8-22(14)9-7-21-15(17-2)23-10-12-24(13-11-23)16-19-4-3-5-20-16/h3-6,8H,7,9-13H2,1-2H3,(H,17,21). The number of guanidine groups is 1. The van der Waals surface area contributed by atoms with Crippen LogP contribution < -0.4 is 10.2 Å². The lowest BCUT2D eigenvalue weighted by atomic mass is 10.3. The lowest BCUT2D eigenvalue weighted by molar-refractivity contribution is 0.369. The molecular formula is C16H24N8. The zero-order chi connectivity index (χ0) is 16.8. The van der Waals surface area contributed by atoms with Gasteiger partial charge in [0.25, 0.3) is 0 Å². The Morgan fingerprint density at radius 1 is 1.12 bits per heavy atom. The summed E-state index contributed by atoms with van der Waals surface area (Å²) < 4.78 is 2.13. The number of rotatable bonds is 4. The lowest BCUT2D eigenvalue weighted by Crippen LogP contribution is -2.53. The molecule has 2 aromatic heterocycles. The minimum absolute atomic E-state index is 0.802. The first kappa shape index (κ1) is 16.2. The Balaban J connectivity index is 1.48. The fourth-order valence-electron chi connectivity index (χ4n) is 2.83. The van der Waals surface area contributed by atoms with E-state index in [9.17, 15) is 0 Å². The average molecular weight is 328 g/mol. The number of hydrogen-bond acceptors (Lipinski definition) is 5. The second-order valence-corrected chi connectivity index (χ2v) is 5.66. The maximum Gasteiger partial charge on any atom is 0.225 e. The Bertz CT molecular complexity index is 658. The molecule has 0 aromatic carbocycles. The van der Waals surface area contributed by atoms with Crippen LogP contribution in [0.3, 0.4) is 0 Å². The average Bonchev–Trinajstić information content (AvgIpc) is 3.05. The molecule has 3 rings (SSSR count). The fourth-order valence-corrected chi connectivity index (χ4v) is 2.83. The first-order chi connectivity index (χ1) is 11.8. The highest BCUT2D eigenvalue weighted by molar-refractivity contribution is 5.80. The predicted octanol–water partition coefficient (Wildman–Crippen LogP) is 0.379. The van der Waals surface area contributed by atoms with E-state index in [4.69, 9.17) is 0 Å². The SMILES string of the molecule is CN=C(NCCn1ccnc1C)N1CCN(c2ncccn2)CC1. The van der Waals surface area contributed by atoms with Crippen LogP contribution in [0.2, 0.25) is 0 Å². The van der Waals surface area contributed by atoms with E-state index in [0.29, 0.717) is 0 Å². The van der Waals surface area contributed by atoms with Gasteiger partial charge < -0.3 is 19.7 Å². The summed E-state index contributed by atoms with van der Waals surface area (Å²) >= 11 is 0. The van der Waals surface area contributed by atoms with Gasteiger partial charge in [0.1, 0.15) is 5.82 Å². The number of imidazole rings is 1. The molecule has 8 nitrogen and oxygen atoms in total. The Kier molecular flexibility index (Phi) is 5.25. The van der Waals surface area contributed by atoms with Crippen molar-refractivity contribution in [1.29, 1.82) is 0 Å². The predicted molar refractivity (Wildman–Crippen MR) is 94.1 cm³/mol. The Hall–Kier alpha value is -2.64. The summed E-state index contributed by atoms with van der Waals surface area (Å²) in [5, 5.41) is 3.44. The Morgan fingerprint density at radius 2 is 1.88 bits per heavy atom. The molecule has 3 heterocycles. The van der Waals surface area contributed by atoms with E-state index in [0.717, 1.165) is 57.0 Å². The van der Waals surface area contributed by atoms with E-state index >= 15 is 0 Å². The van der Waals surface area contributed by atoms with Crippen molar-refractivity contribution in [3.63, 3.8) is 0 Å². The Morgan fingerprint density at radius 3 is 2.50 bits per heavy atom. The third-order valence-electron chi connectivity index (χ3n) is 4.19. The molecule has 0 aliphatic carbocycles. The number of piperazine rings is 1. The smallest absolute Gasteiger partial charge is 0.225 e. The zero-order valence-electron chi connectivity index (χ0n) is 14.3. The molecule has 1 aliphatic rings. The van der Waals surface area contributed by atoms with Crippen LogP contribution in [0.4, 0.5) is 5.95 Å². The molecule has 0 spiro atoms. The van der Waals surface area contributed by atoms with Crippen LogP contribution in [-0.2, 0) is 6.54 Å². The summed E-state index contributed by atoms with van der Waals surface area (Å²) in [5.74, 6) is 2.78. The van der Waals surface area contributed by atoms with Crippen LogP contribution in [0, 0.1) is 6.92 Å². The molecule has 0 amide bonds. The van der Waals surface area contributed by atoms with Gasteiger partial charge in [0.05, 0.1) is 0 Å². The normalized spacial score (nSPS) is 15.7. The molecule has 0 saturated carbocycles. The molecule has 2 aromatic rings. The largest absolute Gasteiger partial charge is 0.354 e. The quantitative estimate of drug-likeness (QED) is 0.646. The first-order valence-corrected chi connectivity index (χ1v) is 8.23. The summed E-state index contributed by atoms with van der Waals surface area (Å²) in [5.41, 5.74) is 0. The van der Waals surface area contributed by atoms with Crippen LogP contribution >= 0.6 is 0 Å². The fraction of sp³-hybridized carbons (Fsp3) is 0.500. The van der Waals surface area contributed by atoms with Gasteiger partial charge in [-0.2, -0.15) is 0 Å². The van der Waals surface area contributed by atoms with E-state index in [1.165, 1.54) is 0 Å². The molecule has 128 valence electrons. The second kappa shape index (κ2) is 7.76. The van der Waals surface area contributed by atoms with E-state index in [1.54, 1.807) is 12.4 Å². The topological polar surface area (TPSA) is 74.5 Å². The number of hydrogen-bond donors (Lipinski definition) is 1. The van der Waals surface area contributed by atoms with Gasteiger partial charge in [0.15, 0.2) is 5.96 Å². The van der Waals surface area contributed by atoms with Crippen LogP contribution in [-0.4, -0.2) is 70.1 Å². The number of nitrogens with zero attached hydrogens (tertiary/aromatic N) is 7.